The number of carbonyl (C=O) groups excluding carboxylic acids is 3. The van der Waals surface area contributed by atoms with Gasteiger partial charge in [-0.15, -0.1) is 11.3 Å². The van der Waals surface area contributed by atoms with Crippen molar-refractivity contribution in [1.82, 2.24) is 10.3 Å². The molecule has 2 heterocycles. The monoisotopic (exact) mass is 358 g/mol. The summed E-state index contributed by atoms with van der Waals surface area (Å²) in [4.78, 5) is 41.9. The van der Waals surface area contributed by atoms with E-state index in [9.17, 15) is 14.4 Å². The molecule has 0 saturated carbocycles. The Morgan fingerprint density at radius 1 is 1.32 bits per heavy atom. The molecule has 0 bridgehead atoms. The number of anilines is 1. The maximum absolute atomic E-state index is 12.5. The number of nitrogens with zero attached hydrogens (tertiary/aromatic N) is 2. The minimum atomic E-state index is -0.641. The van der Waals surface area contributed by atoms with Gasteiger partial charge in [0, 0.05) is 40.9 Å². The standard InChI is InChI=1S/C17H18N4O3S/c1-10-9-25-14(20-10)8-19-17(24)12-5-11(16(18)23)6-13(7-12)21-4-2-3-15(21)22/h5-7,9H,2-4,8H2,1H3,(H2,18,23)(H,19,24). The van der Waals surface area contributed by atoms with Crippen molar-refractivity contribution in [3.63, 3.8) is 0 Å². The lowest BCUT2D eigenvalue weighted by molar-refractivity contribution is -0.117. The first kappa shape index (κ1) is 17.1. The van der Waals surface area contributed by atoms with Gasteiger partial charge in [-0.2, -0.15) is 0 Å². The molecule has 0 atom stereocenters. The molecule has 3 amide bonds. The van der Waals surface area contributed by atoms with Gasteiger partial charge in [-0.1, -0.05) is 0 Å². The van der Waals surface area contributed by atoms with E-state index in [0.29, 0.717) is 30.8 Å². The summed E-state index contributed by atoms with van der Waals surface area (Å²) in [5.74, 6) is -1.01. The Morgan fingerprint density at radius 2 is 2.08 bits per heavy atom. The van der Waals surface area contributed by atoms with Crippen LogP contribution in [0.25, 0.3) is 0 Å². The average molecular weight is 358 g/mol. The van der Waals surface area contributed by atoms with Gasteiger partial charge in [0.1, 0.15) is 5.01 Å². The lowest BCUT2D eigenvalue weighted by Crippen LogP contribution is -2.27. The van der Waals surface area contributed by atoms with Crippen molar-refractivity contribution in [2.45, 2.75) is 26.3 Å². The maximum Gasteiger partial charge on any atom is 0.251 e. The van der Waals surface area contributed by atoms with Crippen molar-refractivity contribution in [2.24, 2.45) is 5.73 Å². The van der Waals surface area contributed by atoms with Gasteiger partial charge in [-0.05, 0) is 31.5 Å². The number of aromatic nitrogens is 1. The summed E-state index contributed by atoms with van der Waals surface area (Å²) < 4.78 is 0. The van der Waals surface area contributed by atoms with Gasteiger partial charge < -0.3 is 16.0 Å². The topological polar surface area (TPSA) is 105 Å². The quantitative estimate of drug-likeness (QED) is 0.847. The van der Waals surface area contributed by atoms with Crippen molar-refractivity contribution in [3.05, 3.63) is 45.4 Å². The van der Waals surface area contributed by atoms with Crippen LogP contribution in [0.2, 0.25) is 0 Å². The van der Waals surface area contributed by atoms with E-state index >= 15 is 0 Å². The molecule has 7 nitrogen and oxygen atoms in total. The van der Waals surface area contributed by atoms with Crippen LogP contribution in [0.3, 0.4) is 0 Å². The Balaban J connectivity index is 1.83. The number of primary amides is 1. The van der Waals surface area contributed by atoms with E-state index < -0.39 is 5.91 Å². The number of nitrogens with two attached hydrogens (primary N) is 1. The van der Waals surface area contributed by atoms with Gasteiger partial charge in [0.25, 0.3) is 5.91 Å². The van der Waals surface area contributed by atoms with Crippen molar-refractivity contribution in [2.75, 3.05) is 11.4 Å². The molecule has 1 aromatic heterocycles. The fourth-order valence-corrected chi connectivity index (χ4v) is 3.41. The van der Waals surface area contributed by atoms with Gasteiger partial charge in [0.05, 0.1) is 6.54 Å². The van der Waals surface area contributed by atoms with Crippen molar-refractivity contribution < 1.29 is 14.4 Å². The van der Waals surface area contributed by atoms with Crippen LogP contribution in [-0.2, 0) is 11.3 Å². The molecule has 3 N–H and O–H groups in total. The van der Waals surface area contributed by atoms with Crippen LogP contribution < -0.4 is 16.0 Å². The lowest BCUT2D eigenvalue weighted by Gasteiger charge is -2.17. The summed E-state index contributed by atoms with van der Waals surface area (Å²) in [5.41, 5.74) is 7.29. The molecular weight excluding hydrogens is 340 g/mol. The lowest BCUT2D eigenvalue weighted by atomic mass is 10.1. The van der Waals surface area contributed by atoms with Crippen LogP contribution >= 0.6 is 11.3 Å². The molecule has 3 rings (SSSR count). The van der Waals surface area contributed by atoms with Gasteiger partial charge in [0.15, 0.2) is 0 Å². The van der Waals surface area contributed by atoms with Gasteiger partial charge >= 0.3 is 0 Å². The minimum absolute atomic E-state index is 0.0220. The van der Waals surface area contributed by atoms with Crippen LogP contribution in [0, 0.1) is 6.92 Å². The molecule has 2 aromatic rings. The molecular formula is C17H18N4O3S. The Bertz CT molecular complexity index is 846. The van der Waals surface area contributed by atoms with Gasteiger partial charge in [-0.3, -0.25) is 14.4 Å². The number of aryl methyl sites for hydroxylation is 1. The third kappa shape index (κ3) is 3.85. The number of benzene rings is 1. The molecule has 1 fully saturated rings. The van der Waals surface area contributed by atoms with E-state index in [0.717, 1.165) is 17.1 Å². The zero-order valence-corrected chi connectivity index (χ0v) is 14.6. The van der Waals surface area contributed by atoms with E-state index in [2.05, 4.69) is 10.3 Å². The summed E-state index contributed by atoms with van der Waals surface area (Å²) in [6.45, 7) is 2.76. The fraction of sp³-hybridized carbons (Fsp3) is 0.294. The molecule has 25 heavy (non-hydrogen) atoms. The summed E-state index contributed by atoms with van der Waals surface area (Å²) in [7, 11) is 0. The predicted molar refractivity (Wildman–Crippen MR) is 94.6 cm³/mol. The largest absolute Gasteiger partial charge is 0.366 e. The van der Waals surface area contributed by atoms with Crippen LogP contribution in [0.15, 0.2) is 23.6 Å². The molecule has 1 aromatic carbocycles. The number of amides is 3. The van der Waals surface area contributed by atoms with Crippen molar-refractivity contribution >= 4 is 34.7 Å². The SMILES string of the molecule is Cc1csc(CNC(=O)c2cc(C(N)=O)cc(N3CCCC3=O)c2)n1. The summed E-state index contributed by atoms with van der Waals surface area (Å²) in [6.07, 6.45) is 1.22. The van der Waals surface area contributed by atoms with E-state index in [4.69, 9.17) is 5.73 Å². The van der Waals surface area contributed by atoms with E-state index in [1.807, 2.05) is 12.3 Å². The smallest absolute Gasteiger partial charge is 0.251 e. The van der Waals surface area contributed by atoms with E-state index in [-0.39, 0.29) is 17.4 Å². The number of nitrogens with one attached hydrogen (secondary N) is 1. The van der Waals surface area contributed by atoms with Crippen LogP contribution in [0.4, 0.5) is 5.69 Å². The van der Waals surface area contributed by atoms with Gasteiger partial charge in [0.2, 0.25) is 11.8 Å². The summed E-state index contributed by atoms with van der Waals surface area (Å²) in [5, 5.41) is 5.48. The molecule has 0 spiro atoms. The molecule has 1 aliphatic heterocycles. The Hall–Kier alpha value is -2.74. The Labute approximate surface area is 148 Å². The number of thiazole rings is 1. The molecule has 1 aliphatic rings. The molecule has 0 unspecified atom stereocenters. The highest BCUT2D eigenvalue weighted by atomic mass is 32.1. The second kappa shape index (κ2) is 7.02. The first-order valence-corrected chi connectivity index (χ1v) is 8.76. The van der Waals surface area contributed by atoms with Gasteiger partial charge in [-0.25, -0.2) is 4.98 Å². The summed E-state index contributed by atoms with van der Waals surface area (Å²) >= 11 is 1.47. The second-order valence-corrected chi connectivity index (χ2v) is 6.79. The summed E-state index contributed by atoms with van der Waals surface area (Å²) in [6, 6.07) is 4.60. The molecule has 0 radical (unpaired) electrons. The third-order valence-electron chi connectivity index (χ3n) is 3.92. The highest BCUT2D eigenvalue weighted by Gasteiger charge is 2.23. The zero-order valence-electron chi connectivity index (χ0n) is 13.7. The Morgan fingerprint density at radius 3 is 2.68 bits per heavy atom. The zero-order chi connectivity index (χ0) is 18.0. The first-order chi connectivity index (χ1) is 11.9. The second-order valence-electron chi connectivity index (χ2n) is 5.85. The number of carbonyl (C=O) groups is 3. The Kier molecular flexibility index (Phi) is 4.80. The molecule has 0 aliphatic carbocycles. The van der Waals surface area contributed by atoms with Crippen LogP contribution in [0.1, 0.15) is 44.3 Å². The highest BCUT2D eigenvalue weighted by Crippen LogP contribution is 2.24. The van der Waals surface area contributed by atoms with Crippen LogP contribution in [0.5, 0.6) is 0 Å². The van der Waals surface area contributed by atoms with E-state index in [1.165, 1.54) is 17.4 Å². The average Bonchev–Trinajstić information content (AvgIpc) is 3.20. The normalized spacial score (nSPS) is 14.0. The number of hydrogen-bond donors (Lipinski definition) is 2. The van der Waals surface area contributed by atoms with Crippen LogP contribution in [-0.4, -0.2) is 29.3 Å². The minimum Gasteiger partial charge on any atom is -0.366 e. The number of rotatable bonds is 5. The third-order valence-corrected chi connectivity index (χ3v) is 4.88. The highest BCUT2D eigenvalue weighted by molar-refractivity contribution is 7.09. The molecule has 8 heteroatoms. The molecule has 130 valence electrons. The predicted octanol–water partition coefficient (Wildman–Crippen LogP) is 1.61. The fourth-order valence-electron chi connectivity index (χ4n) is 2.70. The van der Waals surface area contributed by atoms with E-state index in [1.54, 1.807) is 17.0 Å². The number of hydrogen-bond acceptors (Lipinski definition) is 5. The maximum atomic E-state index is 12.5. The first-order valence-electron chi connectivity index (χ1n) is 7.88. The van der Waals surface area contributed by atoms with Crippen molar-refractivity contribution in [1.29, 1.82) is 0 Å². The molecule has 1 saturated heterocycles. The van der Waals surface area contributed by atoms with Crippen molar-refractivity contribution in [3.8, 4) is 0 Å².